The van der Waals surface area contributed by atoms with Crippen LogP contribution in [0.25, 0.3) is 10.9 Å². The zero-order valence-corrected chi connectivity index (χ0v) is 8.09. The highest BCUT2D eigenvalue weighted by Crippen LogP contribution is 2.19. The molecule has 0 unspecified atom stereocenters. The van der Waals surface area contributed by atoms with Crippen molar-refractivity contribution in [2.24, 2.45) is 0 Å². The van der Waals surface area contributed by atoms with E-state index in [1.165, 1.54) is 22.0 Å². The largest absolute Gasteiger partial charge is 0.278 e. The van der Waals surface area contributed by atoms with E-state index in [0.717, 1.165) is 12.8 Å². The molecule has 1 heterocycles. The molecule has 0 radical (unpaired) electrons. The molecule has 0 aliphatic rings. The summed E-state index contributed by atoms with van der Waals surface area (Å²) in [7, 11) is 0. The van der Waals surface area contributed by atoms with Gasteiger partial charge in [-0.1, -0.05) is 19.9 Å². The number of hydrogen-bond acceptors (Lipinski definition) is 1. The van der Waals surface area contributed by atoms with Crippen LogP contribution in [0, 0.1) is 0 Å². The first-order valence-electron chi connectivity index (χ1n) is 4.80. The van der Waals surface area contributed by atoms with Gasteiger partial charge in [-0.25, -0.2) is 0 Å². The Morgan fingerprint density at radius 2 is 2.08 bits per heavy atom. The van der Waals surface area contributed by atoms with Crippen LogP contribution in [0.1, 0.15) is 25.0 Å². The highest BCUT2D eigenvalue weighted by atomic mass is 15.1. The minimum Gasteiger partial charge on any atom is -0.278 e. The Balaban J connectivity index is 2.70. The number of aryl methyl sites for hydroxylation is 2. The number of H-pyrrole nitrogens is 1. The van der Waals surface area contributed by atoms with Gasteiger partial charge in [0.2, 0.25) is 0 Å². The van der Waals surface area contributed by atoms with E-state index in [9.17, 15) is 0 Å². The minimum absolute atomic E-state index is 1.06. The Morgan fingerprint density at radius 3 is 2.77 bits per heavy atom. The topological polar surface area (TPSA) is 28.7 Å². The molecule has 13 heavy (non-hydrogen) atoms. The number of rotatable bonds is 2. The first-order valence-corrected chi connectivity index (χ1v) is 4.80. The van der Waals surface area contributed by atoms with Crippen molar-refractivity contribution in [1.82, 2.24) is 10.2 Å². The molecule has 0 saturated carbocycles. The van der Waals surface area contributed by atoms with Gasteiger partial charge < -0.3 is 0 Å². The van der Waals surface area contributed by atoms with Crippen LogP contribution in [0.3, 0.4) is 0 Å². The van der Waals surface area contributed by atoms with Gasteiger partial charge in [0.1, 0.15) is 0 Å². The monoisotopic (exact) mass is 174 g/mol. The van der Waals surface area contributed by atoms with E-state index in [2.05, 4.69) is 36.2 Å². The van der Waals surface area contributed by atoms with Gasteiger partial charge >= 0.3 is 0 Å². The van der Waals surface area contributed by atoms with E-state index < -0.39 is 0 Å². The quantitative estimate of drug-likeness (QED) is 0.745. The lowest BCUT2D eigenvalue weighted by atomic mass is 10.0. The summed E-state index contributed by atoms with van der Waals surface area (Å²) in [6.07, 6.45) is 4.05. The van der Waals surface area contributed by atoms with Crippen LogP contribution in [-0.2, 0) is 12.8 Å². The maximum atomic E-state index is 4.06. The predicted octanol–water partition coefficient (Wildman–Crippen LogP) is 2.69. The van der Waals surface area contributed by atoms with Gasteiger partial charge in [-0.2, -0.15) is 5.10 Å². The molecule has 0 bridgehead atoms. The summed E-state index contributed by atoms with van der Waals surface area (Å²) < 4.78 is 0. The molecule has 0 atom stereocenters. The van der Waals surface area contributed by atoms with Gasteiger partial charge in [0, 0.05) is 5.39 Å². The SMILES string of the molecule is CCc1cc(CC)c2[nH]ncc2c1. The second-order valence-corrected chi connectivity index (χ2v) is 3.30. The van der Waals surface area contributed by atoms with Crippen LogP contribution in [0.15, 0.2) is 18.3 Å². The summed E-state index contributed by atoms with van der Waals surface area (Å²) in [5, 5.41) is 8.33. The van der Waals surface area contributed by atoms with Crippen molar-refractivity contribution in [3.63, 3.8) is 0 Å². The Morgan fingerprint density at radius 1 is 1.23 bits per heavy atom. The minimum atomic E-state index is 1.06. The average molecular weight is 174 g/mol. The third kappa shape index (κ3) is 1.32. The zero-order valence-electron chi connectivity index (χ0n) is 8.09. The molecule has 0 aliphatic heterocycles. The molecule has 2 heteroatoms. The lowest BCUT2D eigenvalue weighted by molar-refractivity contribution is 1.07. The van der Waals surface area contributed by atoms with Crippen molar-refractivity contribution >= 4 is 10.9 Å². The Bertz CT molecular complexity index is 415. The summed E-state index contributed by atoms with van der Waals surface area (Å²) in [6, 6.07) is 4.47. The molecule has 0 aliphatic carbocycles. The van der Waals surface area contributed by atoms with E-state index >= 15 is 0 Å². The van der Waals surface area contributed by atoms with E-state index in [0.29, 0.717) is 0 Å². The van der Waals surface area contributed by atoms with E-state index in [-0.39, 0.29) is 0 Å². The van der Waals surface area contributed by atoms with Crippen molar-refractivity contribution in [1.29, 1.82) is 0 Å². The second kappa shape index (κ2) is 3.21. The molecule has 68 valence electrons. The molecule has 0 spiro atoms. The fourth-order valence-electron chi connectivity index (χ4n) is 1.68. The normalized spacial score (nSPS) is 10.9. The van der Waals surface area contributed by atoms with Crippen molar-refractivity contribution in [3.05, 3.63) is 29.5 Å². The number of fused-ring (bicyclic) bond motifs is 1. The summed E-state index contributed by atoms with van der Waals surface area (Å²) in [5.74, 6) is 0. The van der Waals surface area contributed by atoms with E-state index in [1.807, 2.05) is 6.20 Å². The third-order valence-corrected chi connectivity index (χ3v) is 2.48. The van der Waals surface area contributed by atoms with Crippen LogP contribution in [0.5, 0.6) is 0 Å². The zero-order chi connectivity index (χ0) is 9.26. The van der Waals surface area contributed by atoms with Gasteiger partial charge in [-0.3, -0.25) is 5.10 Å². The van der Waals surface area contributed by atoms with E-state index in [4.69, 9.17) is 0 Å². The summed E-state index contributed by atoms with van der Waals surface area (Å²) >= 11 is 0. The standard InChI is InChI=1S/C11H14N2/c1-3-8-5-9(4-2)11-10(6-8)7-12-13-11/h5-7H,3-4H2,1-2H3,(H,12,13). The smallest absolute Gasteiger partial charge is 0.0682 e. The first kappa shape index (κ1) is 8.30. The van der Waals surface area contributed by atoms with E-state index in [1.54, 1.807) is 0 Å². The number of hydrogen-bond donors (Lipinski definition) is 1. The van der Waals surface area contributed by atoms with Gasteiger partial charge in [-0.15, -0.1) is 0 Å². The Kier molecular flexibility index (Phi) is 2.05. The predicted molar refractivity (Wildman–Crippen MR) is 54.8 cm³/mol. The average Bonchev–Trinajstić information content (AvgIpc) is 2.63. The molecule has 2 aromatic rings. The maximum Gasteiger partial charge on any atom is 0.0682 e. The number of aromatic nitrogens is 2. The molecule has 0 amide bonds. The fourth-order valence-corrected chi connectivity index (χ4v) is 1.68. The Hall–Kier alpha value is -1.31. The van der Waals surface area contributed by atoms with Crippen molar-refractivity contribution in [2.45, 2.75) is 26.7 Å². The Labute approximate surface area is 78.0 Å². The molecule has 1 aromatic carbocycles. The maximum absolute atomic E-state index is 4.06. The number of nitrogens with one attached hydrogen (secondary N) is 1. The number of aromatic amines is 1. The molecular weight excluding hydrogens is 160 g/mol. The summed E-state index contributed by atoms with van der Waals surface area (Å²) in [4.78, 5) is 0. The van der Waals surface area contributed by atoms with Crippen molar-refractivity contribution in [2.75, 3.05) is 0 Å². The van der Waals surface area contributed by atoms with Gasteiger partial charge in [-0.05, 0) is 30.0 Å². The molecule has 1 N–H and O–H groups in total. The van der Waals surface area contributed by atoms with Crippen molar-refractivity contribution in [3.8, 4) is 0 Å². The number of nitrogens with zero attached hydrogens (tertiary/aromatic N) is 1. The lowest BCUT2D eigenvalue weighted by Crippen LogP contribution is -1.87. The van der Waals surface area contributed by atoms with Crippen LogP contribution >= 0.6 is 0 Å². The van der Waals surface area contributed by atoms with Crippen LogP contribution in [0.4, 0.5) is 0 Å². The van der Waals surface area contributed by atoms with Crippen molar-refractivity contribution < 1.29 is 0 Å². The second-order valence-electron chi connectivity index (χ2n) is 3.30. The van der Waals surface area contributed by atoms with Crippen LogP contribution < -0.4 is 0 Å². The van der Waals surface area contributed by atoms with Crippen LogP contribution in [0.2, 0.25) is 0 Å². The van der Waals surface area contributed by atoms with Crippen LogP contribution in [-0.4, -0.2) is 10.2 Å². The molecule has 2 nitrogen and oxygen atoms in total. The lowest BCUT2D eigenvalue weighted by Gasteiger charge is -2.02. The highest BCUT2D eigenvalue weighted by molar-refractivity contribution is 5.82. The molecule has 0 fully saturated rings. The molecular formula is C11H14N2. The van der Waals surface area contributed by atoms with Gasteiger partial charge in [0.05, 0.1) is 11.7 Å². The summed E-state index contributed by atoms with van der Waals surface area (Å²) in [5.41, 5.74) is 3.96. The molecule has 2 rings (SSSR count). The highest BCUT2D eigenvalue weighted by Gasteiger charge is 2.02. The first-order chi connectivity index (χ1) is 6.35. The van der Waals surface area contributed by atoms with Gasteiger partial charge in [0.15, 0.2) is 0 Å². The molecule has 0 saturated heterocycles. The van der Waals surface area contributed by atoms with Gasteiger partial charge in [0.25, 0.3) is 0 Å². The summed E-state index contributed by atoms with van der Waals surface area (Å²) in [6.45, 7) is 4.36. The third-order valence-electron chi connectivity index (χ3n) is 2.48. The fraction of sp³-hybridized carbons (Fsp3) is 0.364. The number of benzene rings is 1. The molecule has 1 aromatic heterocycles.